The van der Waals surface area contributed by atoms with Crippen LogP contribution in [0.2, 0.25) is 0 Å². The Hall–Kier alpha value is -2.08. The van der Waals surface area contributed by atoms with E-state index in [1.807, 2.05) is 39.8 Å². The lowest BCUT2D eigenvalue weighted by Crippen LogP contribution is -2.31. The molecular formula is C17H26N2O4. The molecule has 0 aromatic heterocycles. The van der Waals surface area contributed by atoms with E-state index in [0.29, 0.717) is 6.54 Å². The minimum atomic E-state index is -0.867. The molecule has 23 heavy (non-hydrogen) atoms. The summed E-state index contributed by atoms with van der Waals surface area (Å²) in [6, 6.07) is 3.78. The fraction of sp³-hybridized carbons (Fsp3) is 0.529. The highest BCUT2D eigenvalue weighted by molar-refractivity contribution is 5.73. The Labute approximate surface area is 137 Å². The van der Waals surface area contributed by atoms with Crippen molar-refractivity contribution in [3.05, 3.63) is 28.8 Å². The third-order valence-corrected chi connectivity index (χ3v) is 3.26. The number of carboxylic acids is 1. The van der Waals surface area contributed by atoms with Gasteiger partial charge in [-0.25, -0.2) is 0 Å². The zero-order valence-corrected chi connectivity index (χ0v) is 14.4. The van der Waals surface area contributed by atoms with Crippen LogP contribution in [0.25, 0.3) is 0 Å². The third-order valence-electron chi connectivity index (χ3n) is 3.26. The Morgan fingerprint density at radius 2 is 1.83 bits per heavy atom. The lowest BCUT2D eigenvalue weighted by Gasteiger charge is -2.20. The maximum absolute atomic E-state index is 11.7. The molecule has 6 nitrogen and oxygen atoms in total. The largest absolute Gasteiger partial charge is 0.481 e. The van der Waals surface area contributed by atoms with Gasteiger partial charge in [0.25, 0.3) is 0 Å². The van der Waals surface area contributed by atoms with Crippen LogP contribution in [0.4, 0.5) is 5.69 Å². The van der Waals surface area contributed by atoms with Crippen molar-refractivity contribution >= 4 is 17.6 Å². The van der Waals surface area contributed by atoms with Crippen molar-refractivity contribution in [1.29, 1.82) is 0 Å². The second-order valence-corrected chi connectivity index (χ2v) is 6.43. The first-order chi connectivity index (χ1) is 10.6. The van der Waals surface area contributed by atoms with Crippen molar-refractivity contribution < 1.29 is 19.4 Å². The summed E-state index contributed by atoms with van der Waals surface area (Å²) >= 11 is 0. The third kappa shape index (κ3) is 6.69. The molecule has 6 heteroatoms. The highest BCUT2D eigenvalue weighted by Crippen LogP contribution is 2.21. The average Bonchev–Trinajstić information content (AvgIpc) is 2.40. The predicted molar refractivity (Wildman–Crippen MR) is 89.6 cm³/mol. The number of ether oxygens (including phenoxy) is 1. The fourth-order valence-corrected chi connectivity index (χ4v) is 2.19. The van der Waals surface area contributed by atoms with Crippen LogP contribution in [-0.4, -0.2) is 36.2 Å². The molecule has 1 rings (SSSR count). The molecule has 0 unspecified atom stereocenters. The average molecular weight is 322 g/mol. The van der Waals surface area contributed by atoms with Crippen LogP contribution in [0, 0.1) is 6.92 Å². The molecule has 3 N–H and O–H groups in total. The van der Waals surface area contributed by atoms with E-state index in [-0.39, 0.29) is 18.9 Å². The van der Waals surface area contributed by atoms with Gasteiger partial charge in [-0.2, -0.15) is 0 Å². The van der Waals surface area contributed by atoms with Crippen molar-refractivity contribution in [1.82, 2.24) is 5.32 Å². The van der Waals surface area contributed by atoms with Gasteiger partial charge in [0, 0.05) is 19.3 Å². The van der Waals surface area contributed by atoms with Crippen LogP contribution in [0.3, 0.4) is 0 Å². The van der Waals surface area contributed by atoms with E-state index in [4.69, 9.17) is 9.84 Å². The van der Waals surface area contributed by atoms with Crippen LogP contribution < -0.4 is 10.6 Å². The zero-order valence-electron chi connectivity index (χ0n) is 14.4. The molecule has 0 bridgehead atoms. The van der Waals surface area contributed by atoms with Gasteiger partial charge in [0.1, 0.15) is 5.60 Å². The maximum Gasteiger partial charge on any atom is 0.320 e. The Kier molecular flexibility index (Phi) is 6.57. The van der Waals surface area contributed by atoms with Crippen molar-refractivity contribution in [2.75, 3.05) is 18.9 Å². The van der Waals surface area contributed by atoms with Gasteiger partial charge < -0.3 is 20.5 Å². The van der Waals surface area contributed by atoms with Crippen molar-refractivity contribution in [2.24, 2.45) is 0 Å². The van der Waals surface area contributed by atoms with Gasteiger partial charge in [0.05, 0.1) is 13.0 Å². The van der Waals surface area contributed by atoms with Gasteiger partial charge in [-0.05, 0) is 56.5 Å². The van der Waals surface area contributed by atoms with Crippen LogP contribution >= 0.6 is 0 Å². The molecule has 0 saturated carbocycles. The fourth-order valence-electron chi connectivity index (χ4n) is 2.19. The van der Waals surface area contributed by atoms with E-state index >= 15 is 0 Å². The molecule has 1 aromatic rings. The van der Waals surface area contributed by atoms with E-state index < -0.39 is 11.6 Å². The first-order valence-corrected chi connectivity index (χ1v) is 7.57. The molecule has 1 aromatic carbocycles. The van der Waals surface area contributed by atoms with E-state index in [0.717, 1.165) is 22.4 Å². The number of carbonyl (C=O) groups excluding carboxylic acids is 1. The Bertz CT molecular complexity index is 577. The number of carboxylic acid groups (broad SMARTS) is 1. The van der Waals surface area contributed by atoms with Crippen molar-refractivity contribution in [3.63, 3.8) is 0 Å². The van der Waals surface area contributed by atoms with E-state index in [1.54, 1.807) is 7.05 Å². The van der Waals surface area contributed by atoms with E-state index in [2.05, 4.69) is 10.6 Å². The van der Waals surface area contributed by atoms with E-state index in [9.17, 15) is 9.59 Å². The van der Waals surface area contributed by atoms with Gasteiger partial charge in [-0.3, -0.25) is 9.59 Å². The Morgan fingerprint density at radius 1 is 1.22 bits per heavy atom. The van der Waals surface area contributed by atoms with Crippen LogP contribution in [0.5, 0.6) is 0 Å². The van der Waals surface area contributed by atoms with Crippen LogP contribution in [0.15, 0.2) is 12.1 Å². The van der Waals surface area contributed by atoms with E-state index in [1.165, 1.54) is 0 Å². The summed E-state index contributed by atoms with van der Waals surface area (Å²) < 4.78 is 5.24. The van der Waals surface area contributed by atoms with Gasteiger partial charge in [-0.15, -0.1) is 0 Å². The maximum atomic E-state index is 11.7. The van der Waals surface area contributed by atoms with Gasteiger partial charge in [0.2, 0.25) is 0 Å². The number of esters is 1. The normalized spacial score (nSPS) is 11.2. The first-order valence-electron chi connectivity index (χ1n) is 7.57. The highest BCUT2D eigenvalue weighted by atomic mass is 16.6. The lowest BCUT2D eigenvalue weighted by molar-refractivity contribution is -0.153. The molecule has 0 fully saturated rings. The molecule has 0 aliphatic carbocycles. The summed E-state index contributed by atoms with van der Waals surface area (Å²) in [5.74, 6) is -1.18. The summed E-state index contributed by atoms with van der Waals surface area (Å²) in [6.07, 6.45) is -0.0274. The minimum absolute atomic E-state index is 0.0274. The standard InChI is InChI=1S/C17H26N2O4/c1-11-12(8-15(20)21)6-14(18-5)7-13(11)9-19-10-16(22)23-17(2,3)4/h6-7,18-19H,8-10H2,1-5H3,(H,20,21). The summed E-state index contributed by atoms with van der Waals surface area (Å²) in [6.45, 7) is 7.93. The monoisotopic (exact) mass is 322 g/mol. The Morgan fingerprint density at radius 3 is 2.35 bits per heavy atom. The van der Waals surface area contributed by atoms with Crippen molar-refractivity contribution in [2.45, 2.75) is 46.3 Å². The van der Waals surface area contributed by atoms with Gasteiger partial charge in [-0.1, -0.05) is 0 Å². The molecule has 0 aliphatic heterocycles. The molecular weight excluding hydrogens is 296 g/mol. The highest BCUT2D eigenvalue weighted by Gasteiger charge is 2.16. The number of benzene rings is 1. The predicted octanol–water partition coefficient (Wildman–Crippen LogP) is 2.10. The first kappa shape index (κ1) is 19.0. The topological polar surface area (TPSA) is 87.7 Å². The number of nitrogens with one attached hydrogen (secondary N) is 2. The molecule has 0 heterocycles. The number of anilines is 1. The molecule has 0 radical (unpaired) electrons. The molecule has 0 aliphatic rings. The smallest absolute Gasteiger partial charge is 0.320 e. The SMILES string of the molecule is CNc1cc(CNCC(=O)OC(C)(C)C)c(C)c(CC(=O)O)c1. The molecule has 0 spiro atoms. The summed E-state index contributed by atoms with van der Waals surface area (Å²) in [4.78, 5) is 22.7. The summed E-state index contributed by atoms with van der Waals surface area (Å²) in [5.41, 5.74) is 2.98. The number of hydrogen-bond acceptors (Lipinski definition) is 5. The number of carbonyl (C=O) groups is 2. The zero-order chi connectivity index (χ0) is 17.6. The molecule has 0 atom stereocenters. The lowest BCUT2D eigenvalue weighted by atomic mass is 9.98. The second-order valence-electron chi connectivity index (χ2n) is 6.43. The van der Waals surface area contributed by atoms with Crippen molar-refractivity contribution in [3.8, 4) is 0 Å². The minimum Gasteiger partial charge on any atom is -0.481 e. The molecule has 128 valence electrons. The Balaban J connectivity index is 2.76. The van der Waals surface area contributed by atoms with Crippen LogP contribution in [-0.2, 0) is 27.3 Å². The summed E-state index contributed by atoms with van der Waals surface area (Å²) in [5, 5.41) is 15.1. The molecule has 0 saturated heterocycles. The second kappa shape index (κ2) is 7.97. The molecule has 0 amide bonds. The quantitative estimate of drug-likeness (QED) is 0.666. The van der Waals surface area contributed by atoms with Gasteiger partial charge in [0.15, 0.2) is 0 Å². The number of hydrogen-bond donors (Lipinski definition) is 3. The van der Waals surface area contributed by atoms with Gasteiger partial charge >= 0.3 is 11.9 Å². The summed E-state index contributed by atoms with van der Waals surface area (Å²) in [7, 11) is 1.78. The number of rotatable bonds is 7. The number of aliphatic carboxylic acids is 1. The van der Waals surface area contributed by atoms with Crippen LogP contribution in [0.1, 0.15) is 37.5 Å².